The number of likely N-dealkylation sites (N-methyl/N-ethyl adjacent to an activating group) is 2. The van der Waals surface area contributed by atoms with Crippen molar-refractivity contribution in [2.75, 3.05) is 29.2 Å². The Bertz CT molecular complexity index is 1120. The number of halogens is 1. The first-order chi connectivity index (χ1) is 14.3. The number of benzene rings is 2. The molecule has 2 atom stereocenters. The highest BCUT2D eigenvalue weighted by Gasteiger charge is 2.37. The van der Waals surface area contributed by atoms with E-state index in [0.29, 0.717) is 33.6 Å². The Morgan fingerprint density at radius 3 is 2.40 bits per heavy atom. The number of fused-ring (bicyclic) bond motifs is 1. The minimum atomic E-state index is -1.55. The quantitative estimate of drug-likeness (QED) is 0.664. The smallest absolute Gasteiger partial charge is 0.254 e. The van der Waals surface area contributed by atoms with Gasteiger partial charge in [0, 0.05) is 19.8 Å². The van der Waals surface area contributed by atoms with Crippen LogP contribution in [0.5, 0.6) is 0 Å². The molecule has 30 heavy (non-hydrogen) atoms. The zero-order valence-corrected chi connectivity index (χ0v) is 17.1. The Hall–Kier alpha value is -3.37. The Morgan fingerprint density at radius 2 is 1.77 bits per heavy atom. The van der Waals surface area contributed by atoms with Gasteiger partial charge in [0.1, 0.15) is 28.5 Å². The van der Waals surface area contributed by atoms with Crippen molar-refractivity contribution in [3.05, 3.63) is 66.1 Å². The first kappa shape index (κ1) is 19.9. The summed E-state index contributed by atoms with van der Waals surface area (Å²) in [4.78, 5) is 25.6. The molecule has 2 unspecified atom stereocenters. The molecule has 1 aliphatic rings. The summed E-state index contributed by atoms with van der Waals surface area (Å²) < 4.78 is 24.7. The topological polar surface area (TPSA) is 104 Å². The van der Waals surface area contributed by atoms with Crippen LogP contribution in [0.2, 0.25) is 0 Å². The van der Waals surface area contributed by atoms with Crippen molar-refractivity contribution >= 4 is 40.0 Å². The predicted molar refractivity (Wildman–Crippen MR) is 113 cm³/mol. The van der Waals surface area contributed by atoms with Crippen LogP contribution < -0.4 is 20.3 Å². The zero-order valence-electron chi connectivity index (χ0n) is 16.2. The van der Waals surface area contributed by atoms with Crippen molar-refractivity contribution in [3.63, 3.8) is 0 Å². The highest BCUT2D eigenvalue weighted by Crippen LogP contribution is 2.39. The number of nitrogens with one attached hydrogen (secondary N) is 1. The van der Waals surface area contributed by atoms with E-state index in [0.717, 1.165) is 0 Å². The number of nitrogens with zero attached hydrogens (tertiary/aromatic N) is 4. The average Bonchev–Trinajstić information content (AvgIpc) is 2.74. The van der Waals surface area contributed by atoms with Crippen LogP contribution in [0.4, 0.5) is 27.5 Å². The highest BCUT2D eigenvalue weighted by molar-refractivity contribution is 7.82. The lowest BCUT2D eigenvalue weighted by atomic mass is 10.0. The van der Waals surface area contributed by atoms with Gasteiger partial charge in [-0.2, -0.15) is 4.98 Å². The third kappa shape index (κ3) is 3.62. The van der Waals surface area contributed by atoms with Crippen molar-refractivity contribution in [1.29, 1.82) is 0 Å². The monoisotopic (exact) mass is 426 g/mol. The average molecular weight is 426 g/mol. The summed E-state index contributed by atoms with van der Waals surface area (Å²) in [6.45, 7) is 0. The lowest BCUT2D eigenvalue weighted by molar-refractivity contribution is -0.120. The standard InChI is InChI=1S/C20H19FN6O2S/c1-26-16-11-23-20(24-14-7-9-15(10-8-14)30(22)29)25-18(16)27(2)17(19(26)28)12-3-5-13(21)6-4-12/h3-11,17H,22H2,1-2H3,(H,23,24,25). The lowest BCUT2D eigenvalue weighted by Crippen LogP contribution is -2.45. The van der Waals surface area contributed by atoms with E-state index in [2.05, 4.69) is 15.3 Å². The van der Waals surface area contributed by atoms with Crippen LogP contribution in [-0.2, 0) is 15.8 Å². The van der Waals surface area contributed by atoms with Gasteiger partial charge in [-0.15, -0.1) is 0 Å². The maximum Gasteiger partial charge on any atom is 0.254 e. The molecule has 0 spiro atoms. The Kier molecular flexibility index (Phi) is 5.18. The normalized spacial score (nSPS) is 16.9. The van der Waals surface area contributed by atoms with Crippen LogP contribution in [0, 0.1) is 5.82 Å². The molecule has 8 nitrogen and oxygen atoms in total. The molecule has 1 aliphatic heterocycles. The first-order valence-corrected chi connectivity index (χ1v) is 10.2. The van der Waals surface area contributed by atoms with Gasteiger partial charge in [-0.1, -0.05) is 12.1 Å². The molecule has 0 saturated heterocycles. The van der Waals surface area contributed by atoms with Crippen molar-refractivity contribution in [2.24, 2.45) is 5.14 Å². The zero-order chi connectivity index (χ0) is 21.4. The fourth-order valence-electron chi connectivity index (χ4n) is 3.33. The molecule has 3 aromatic rings. The molecule has 3 N–H and O–H groups in total. The molecule has 4 rings (SSSR count). The fourth-order valence-corrected chi connectivity index (χ4v) is 3.73. The number of anilines is 4. The number of carbonyl (C=O) groups excluding carboxylic acids is 1. The van der Waals surface area contributed by atoms with Crippen LogP contribution >= 0.6 is 0 Å². The van der Waals surface area contributed by atoms with E-state index < -0.39 is 17.0 Å². The number of amides is 1. The Balaban J connectivity index is 1.66. The number of hydrogen-bond donors (Lipinski definition) is 2. The van der Waals surface area contributed by atoms with Gasteiger partial charge in [-0.05, 0) is 42.0 Å². The molecule has 10 heteroatoms. The highest BCUT2D eigenvalue weighted by atomic mass is 32.2. The number of aromatic nitrogens is 2. The second-order valence-corrected chi connectivity index (χ2v) is 7.88. The summed E-state index contributed by atoms with van der Waals surface area (Å²) >= 11 is 0. The molecule has 0 fully saturated rings. The number of hydrogen-bond acceptors (Lipinski definition) is 6. The van der Waals surface area contributed by atoms with Crippen LogP contribution in [0.1, 0.15) is 11.6 Å². The van der Waals surface area contributed by atoms with Crippen molar-refractivity contribution in [3.8, 4) is 0 Å². The van der Waals surface area contributed by atoms with Crippen molar-refractivity contribution in [1.82, 2.24) is 9.97 Å². The largest absolute Gasteiger partial charge is 0.342 e. The van der Waals surface area contributed by atoms with Crippen molar-refractivity contribution < 1.29 is 13.4 Å². The Morgan fingerprint density at radius 1 is 1.10 bits per heavy atom. The summed E-state index contributed by atoms with van der Waals surface area (Å²) in [5.74, 6) is 0.370. The third-order valence-electron chi connectivity index (χ3n) is 4.93. The molecule has 0 bridgehead atoms. The second kappa shape index (κ2) is 7.81. The summed E-state index contributed by atoms with van der Waals surface area (Å²) in [5.41, 5.74) is 1.93. The van der Waals surface area contributed by atoms with E-state index in [4.69, 9.17) is 5.14 Å². The summed E-state index contributed by atoms with van der Waals surface area (Å²) in [6, 6.07) is 12.0. The summed E-state index contributed by atoms with van der Waals surface area (Å²) in [5, 5.41) is 8.46. The van der Waals surface area contributed by atoms with Gasteiger partial charge < -0.3 is 15.1 Å². The van der Waals surface area contributed by atoms with E-state index in [9.17, 15) is 13.4 Å². The van der Waals surface area contributed by atoms with Gasteiger partial charge in [0.25, 0.3) is 5.91 Å². The van der Waals surface area contributed by atoms with E-state index in [1.54, 1.807) is 61.6 Å². The predicted octanol–water partition coefficient (Wildman–Crippen LogP) is 2.49. The van der Waals surface area contributed by atoms with Gasteiger partial charge in [-0.25, -0.2) is 18.7 Å². The van der Waals surface area contributed by atoms with Crippen LogP contribution in [0.15, 0.2) is 59.6 Å². The minimum absolute atomic E-state index is 0.161. The maximum absolute atomic E-state index is 13.3. The molecular weight excluding hydrogens is 407 g/mol. The molecule has 2 aromatic carbocycles. The molecule has 2 heterocycles. The molecule has 0 aliphatic carbocycles. The molecule has 0 saturated carbocycles. The van der Waals surface area contributed by atoms with Gasteiger partial charge >= 0.3 is 0 Å². The van der Waals surface area contributed by atoms with Gasteiger partial charge in [0.05, 0.1) is 11.1 Å². The van der Waals surface area contributed by atoms with Crippen molar-refractivity contribution in [2.45, 2.75) is 10.9 Å². The number of nitrogens with two attached hydrogens (primary N) is 1. The van der Waals surface area contributed by atoms with Crippen LogP contribution in [0.3, 0.4) is 0 Å². The SMILES string of the molecule is CN1C(=O)C(c2ccc(F)cc2)N(C)c2nc(Nc3ccc(S(N)=O)cc3)ncc21. The minimum Gasteiger partial charge on any atom is -0.342 e. The molecule has 154 valence electrons. The molecular formula is C20H19FN6O2S. The first-order valence-electron chi connectivity index (χ1n) is 9.01. The lowest BCUT2D eigenvalue weighted by Gasteiger charge is -2.38. The number of rotatable bonds is 4. The van der Waals surface area contributed by atoms with E-state index >= 15 is 0 Å². The fraction of sp³-hybridized carbons (Fsp3) is 0.150. The van der Waals surface area contributed by atoms with E-state index in [-0.39, 0.29) is 11.7 Å². The van der Waals surface area contributed by atoms with Crippen LogP contribution in [-0.4, -0.2) is 34.2 Å². The number of carbonyl (C=O) groups is 1. The van der Waals surface area contributed by atoms with Gasteiger partial charge in [-0.3, -0.25) is 4.79 Å². The van der Waals surface area contributed by atoms with Gasteiger partial charge in [0.2, 0.25) is 5.95 Å². The summed E-state index contributed by atoms with van der Waals surface area (Å²) in [6.07, 6.45) is 1.57. The third-order valence-corrected chi connectivity index (χ3v) is 5.66. The van der Waals surface area contributed by atoms with Crippen LogP contribution in [0.25, 0.3) is 0 Å². The van der Waals surface area contributed by atoms with E-state index in [1.807, 2.05) is 0 Å². The Labute approximate surface area is 175 Å². The maximum atomic E-state index is 13.3. The molecule has 1 aromatic heterocycles. The summed E-state index contributed by atoms with van der Waals surface area (Å²) in [7, 11) is 1.88. The second-order valence-electron chi connectivity index (χ2n) is 6.81. The van der Waals surface area contributed by atoms with E-state index in [1.165, 1.54) is 17.0 Å². The molecule has 0 radical (unpaired) electrons. The molecule has 1 amide bonds. The van der Waals surface area contributed by atoms with Gasteiger partial charge in [0.15, 0.2) is 5.82 Å².